The lowest BCUT2D eigenvalue weighted by molar-refractivity contribution is 0.469. The highest BCUT2D eigenvalue weighted by Gasteiger charge is 2.12. The summed E-state index contributed by atoms with van der Waals surface area (Å²) >= 11 is 0. The topological polar surface area (TPSA) is 37.4 Å². The quantitative estimate of drug-likeness (QED) is 0.804. The van der Waals surface area contributed by atoms with Crippen molar-refractivity contribution in [3.05, 3.63) is 60.8 Å². The third-order valence-electron chi connectivity index (χ3n) is 4.15. The molecule has 1 aliphatic rings. The van der Waals surface area contributed by atoms with Gasteiger partial charge >= 0.3 is 0 Å². The molecule has 1 fully saturated rings. The van der Waals surface area contributed by atoms with Gasteiger partial charge in [0.2, 0.25) is 5.88 Å². The summed E-state index contributed by atoms with van der Waals surface area (Å²) in [5, 5.41) is 5.58. The molecule has 0 atom stereocenters. The first-order chi connectivity index (χ1) is 11.4. The van der Waals surface area contributed by atoms with Crippen molar-refractivity contribution in [2.75, 3.05) is 31.1 Å². The van der Waals surface area contributed by atoms with Gasteiger partial charge in [0.15, 0.2) is 0 Å². The molecule has 0 radical (unpaired) electrons. The highest BCUT2D eigenvalue weighted by molar-refractivity contribution is 5.89. The number of rotatable bonds is 3. The third-order valence-corrected chi connectivity index (χ3v) is 4.15. The number of aromatic nitrogens is 1. The Balaban J connectivity index is 1.67. The summed E-state index contributed by atoms with van der Waals surface area (Å²) in [6, 6.07) is 18.3. The fourth-order valence-corrected chi connectivity index (χ4v) is 2.94. The number of hydrogen-bond donors (Lipinski definition) is 1. The summed E-state index contributed by atoms with van der Waals surface area (Å²) in [4.78, 5) is 6.81. The van der Waals surface area contributed by atoms with Crippen LogP contribution in [0.15, 0.2) is 60.8 Å². The minimum absolute atomic E-state index is 0.653. The lowest BCUT2D eigenvalue weighted by atomic mass is 10.1. The van der Waals surface area contributed by atoms with Crippen LogP contribution in [0.4, 0.5) is 5.69 Å². The standard InChI is InChI=1S/C19H19N3O/c1-2-4-17(5-3-1)23-19-18-7-6-16(14-15(18)8-9-21-19)22-12-10-20-11-13-22/h1-9,14,20H,10-13H2. The van der Waals surface area contributed by atoms with E-state index in [0.29, 0.717) is 5.88 Å². The molecule has 0 amide bonds. The molecule has 1 saturated heterocycles. The highest BCUT2D eigenvalue weighted by atomic mass is 16.5. The largest absolute Gasteiger partial charge is 0.438 e. The number of pyridine rings is 1. The Bertz CT molecular complexity index is 798. The van der Waals surface area contributed by atoms with Gasteiger partial charge in [-0.05, 0) is 41.8 Å². The molecule has 23 heavy (non-hydrogen) atoms. The number of para-hydroxylation sites is 1. The van der Waals surface area contributed by atoms with Crippen LogP contribution in [0, 0.1) is 0 Å². The number of nitrogens with one attached hydrogen (secondary N) is 1. The number of ether oxygens (including phenoxy) is 1. The van der Waals surface area contributed by atoms with E-state index in [9.17, 15) is 0 Å². The van der Waals surface area contributed by atoms with Crippen molar-refractivity contribution in [2.24, 2.45) is 0 Å². The zero-order valence-corrected chi connectivity index (χ0v) is 12.9. The number of benzene rings is 2. The molecule has 4 nitrogen and oxygen atoms in total. The smallest absolute Gasteiger partial charge is 0.227 e. The van der Waals surface area contributed by atoms with Crippen molar-refractivity contribution in [3.63, 3.8) is 0 Å². The predicted molar refractivity (Wildman–Crippen MR) is 93.3 cm³/mol. The molecule has 1 aromatic heterocycles. The molecule has 0 spiro atoms. The normalized spacial score (nSPS) is 14.9. The molecule has 1 N–H and O–H groups in total. The van der Waals surface area contributed by atoms with Gasteiger partial charge in [-0.3, -0.25) is 0 Å². The molecule has 2 aromatic carbocycles. The Hall–Kier alpha value is -2.59. The maximum absolute atomic E-state index is 5.94. The molecule has 4 rings (SSSR count). The molecule has 0 unspecified atom stereocenters. The van der Waals surface area contributed by atoms with Gasteiger partial charge in [-0.1, -0.05) is 18.2 Å². The summed E-state index contributed by atoms with van der Waals surface area (Å²) in [5.41, 5.74) is 1.26. The molecular formula is C19H19N3O. The van der Waals surface area contributed by atoms with Crippen molar-refractivity contribution in [2.45, 2.75) is 0 Å². The minimum atomic E-state index is 0.653. The van der Waals surface area contributed by atoms with E-state index >= 15 is 0 Å². The van der Waals surface area contributed by atoms with Crippen LogP contribution >= 0.6 is 0 Å². The second kappa shape index (κ2) is 6.26. The first-order valence-corrected chi connectivity index (χ1v) is 7.97. The molecule has 1 aliphatic heterocycles. The maximum atomic E-state index is 5.94. The highest BCUT2D eigenvalue weighted by Crippen LogP contribution is 2.30. The number of nitrogens with zero attached hydrogens (tertiary/aromatic N) is 2. The van der Waals surface area contributed by atoms with Gasteiger partial charge in [0.25, 0.3) is 0 Å². The Labute approximate surface area is 135 Å². The van der Waals surface area contributed by atoms with Crippen molar-refractivity contribution in [3.8, 4) is 11.6 Å². The average molecular weight is 305 g/mol. The van der Waals surface area contributed by atoms with Crippen LogP contribution in [0.1, 0.15) is 0 Å². The number of anilines is 1. The monoisotopic (exact) mass is 305 g/mol. The van der Waals surface area contributed by atoms with E-state index in [4.69, 9.17) is 4.74 Å². The fourth-order valence-electron chi connectivity index (χ4n) is 2.94. The summed E-state index contributed by atoms with van der Waals surface area (Å²) in [6.45, 7) is 4.17. The van der Waals surface area contributed by atoms with E-state index in [1.807, 2.05) is 42.6 Å². The predicted octanol–water partition coefficient (Wildman–Crippen LogP) is 3.44. The molecule has 4 heteroatoms. The van der Waals surface area contributed by atoms with Crippen LogP contribution in [0.5, 0.6) is 11.6 Å². The van der Waals surface area contributed by atoms with E-state index in [-0.39, 0.29) is 0 Å². The van der Waals surface area contributed by atoms with E-state index in [1.54, 1.807) is 0 Å². The number of piperazine rings is 1. The molecule has 3 aromatic rings. The number of fused-ring (bicyclic) bond motifs is 1. The first kappa shape index (κ1) is 14.0. The molecule has 0 saturated carbocycles. The average Bonchev–Trinajstić information content (AvgIpc) is 2.63. The van der Waals surface area contributed by atoms with Gasteiger partial charge in [-0.15, -0.1) is 0 Å². The van der Waals surface area contributed by atoms with E-state index in [2.05, 4.69) is 33.4 Å². The van der Waals surface area contributed by atoms with Crippen molar-refractivity contribution in [1.29, 1.82) is 0 Å². The van der Waals surface area contributed by atoms with Gasteiger partial charge in [0, 0.05) is 43.4 Å². The Morgan fingerprint density at radius 1 is 0.957 bits per heavy atom. The SMILES string of the molecule is c1ccc(Oc2nccc3cc(N4CCNCC4)ccc23)cc1. The van der Waals surface area contributed by atoms with Gasteiger partial charge in [0.1, 0.15) is 5.75 Å². The van der Waals surface area contributed by atoms with Crippen molar-refractivity contribution >= 4 is 16.5 Å². The summed E-state index contributed by atoms with van der Waals surface area (Å²) < 4.78 is 5.94. The summed E-state index contributed by atoms with van der Waals surface area (Å²) in [5.74, 6) is 1.46. The number of hydrogen-bond acceptors (Lipinski definition) is 4. The van der Waals surface area contributed by atoms with Crippen molar-refractivity contribution in [1.82, 2.24) is 10.3 Å². The van der Waals surface area contributed by atoms with Gasteiger partial charge in [0.05, 0.1) is 0 Å². The summed E-state index contributed by atoms with van der Waals surface area (Å²) in [6.07, 6.45) is 1.81. The maximum Gasteiger partial charge on any atom is 0.227 e. The first-order valence-electron chi connectivity index (χ1n) is 7.97. The van der Waals surface area contributed by atoms with Gasteiger partial charge < -0.3 is 15.0 Å². The third kappa shape index (κ3) is 2.98. The van der Waals surface area contributed by atoms with Crippen LogP contribution in [0.3, 0.4) is 0 Å². The van der Waals surface area contributed by atoms with Gasteiger partial charge in [-0.2, -0.15) is 0 Å². The molecule has 116 valence electrons. The van der Waals surface area contributed by atoms with Crippen LogP contribution in [0.25, 0.3) is 10.8 Å². The molecule has 2 heterocycles. The van der Waals surface area contributed by atoms with E-state index < -0.39 is 0 Å². The lowest BCUT2D eigenvalue weighted by Crippen LogP contribution is -2.43. The second-order valence-electron chi connectivity index (χ2n) is 5.67. The van der Waals surface area contributed by atoms with E-state index in [1.165, 1.54) is 5.69 Å². The van der Waals surface area contributed by atoms with Crippen LogP contribution in [-0.2, 0) is 0 Å². The Morgan fingerprint density at radius 2 is 1.78 bits per heavy atom. The minimum Gasteiger partial charge on any atom is -0.438 e. The Morgan fingerprint density at radius 3 is 2.61 bits per heavy atom. The molecule has 0 bridgehead atoms. The van der Waals surface area contributed by atoms with Crippen LogP contribution in [0.2, 0.25) is 0 Å². The zero-order valence-electron chi connectivity index (χ0n) is 12.9. The molecule has 0 aliphatic carbocycles. The van der Waals surface area contributed by atoms with Crippen molar-refractivity contribution < 1.29 is 4.74 Å². The van der Waals surface area contributed by atoms with E-state index in [0.717, 1.165) is 42.7 Å². The van der Waals surface area contributed by atoms with Crippen LogP contribution < -0.4 is 15.0 Å². The fraction of sp³-hybridized carbons (Fsp3) is 0.211. The second-order valence-corrected chi connectivity index (χ2v) is 5.67. The Kier molecular flexibility index (Phi) is 3.82. The van der Waals surface area contributed by atoms with Gasteiger partial charge in [-0.25, -0.2) is 4.98 Å². The zero-order chi connectivity index (χ0) is 15.5. The lowest BCUT2D eigenvalue weighted by Gasteiger charge is -2.29. The molecular weight excluding hydrogens is 286 g/mol. The summed E-state index contributed by atoms with van der Waals surface area (Å²) in [7, 11) is 0. The van der Waals surface area contributed by atoms with Crippen LogP contribution in [-0.4, -0.2) is 31.2 Å².